The minimum atomic E-state index is -1.83. The molecular formula is C15H19FO3. The molecule has 0 radical (unpaired) electrons. The molecule has 2 atom stereocenters. The molecule has 0 saturated carbocycles. The molecule has 0 heterocycles. The number of hydrogen-bond donors (Lipinski definition) is 2. The van der Waals surface area contributed by atoms with Gasteiger partial charge in [-0.15, -0.1) is 0 Å². The van der Waals surface area contributed by atoms with Crippen LogP contribution in [0.15, 0.2) is 36.4 Å². The molecule has 2 N–H and O–H groups in total. The molecule has 2 rings (SSSR count). The molecular weight excluding hydrogens is 247 g/mol. The lowest BCUT2D eigenvalue weighted by Gasteiger charge is -2.33. The Morgan fingerprint density at radius 3 is 2.32 bits per heavy atom. The Morgan fingerprint density at radius 2 is 1.84 bits per heavy atom. The van der Waals surface area contributed by atoms with E-state index in [1.807, 2.05) is 12.1 Å². The van der Waals surface area contributed by atoms with E-state index in [0.717, 1.165) is 12.8 Å². The van der Waals surface area contributed by atoms with E-state index in [-0.39, 0.29) is 11.2 Å². The third kappa shape index (κ3) is 4.73. The van der Waals surface area contributed by atoms with Crippen LogP contribution in [-0.2, 0) is 5.41 Å². The van der Waals surface area contributed by atoms with Crippen LogP contribution in [0.4, 0.5) is 9.18 Å². The average molecular weight is 266 g/mol. The van der Waals surface area contributed by atoms with E-state index in [1.165, 1.54) is 5.56 Å². The minimum Gasteiger partial charge on any atom is -0.450 e. The lowest BCUT2D eigenvalue weighted by molar-refractivity contribution is 0.137. The fourth-order valence-corrected chi connectivity index (χ4v) is 2.48. The zero-order chi connectivity index (χ0) is 14.5. The number of allylic oxidation sites excluding steroid dienone is 2. The monoisotopic (exact) mass is 266 g/mol. The fraction of sp³-hybridized carbons (Fsp3) is 0.400. The molecule has 0 fully saturated rings. The zero-order valence-corrected chi connectivity index (χ0v) is 11.1. The summed E-state index contributed by atoms with van der Waals surface area (Å²) in [5.41, 5.74) is 1.30. The van der Waals surface area contributed by atoms with E-state index in [0.29, 0.717) is 5.92 Å². The van der Waals surface area contributed by atoms with E-state index in [1.54, 1.807) is 12.1 Å². The normalized spacial score (nSPS) is 25.3. The second-order valence-corrected chi connectivity index (χ2v) is 5.15. The van der Waals surface area contributed by atoms with E-state index in [4.69, 9.17) is 15.0 Å². The van der Waals surface area contributed by atoms with E-state index in [2.05, 4.69) is 26.0 Å². The van der Waals surface area contributed by atoms with Crippen molar-refractivity contribution in [3.8, 4) is 0 Å². The average Bonchev–Trinajstić information content (AvgIpc) is 2.28. The molecule has 104 valence electrons. The fourth-order valence-electron chi connectivity index (χ4n) is 2.48. The number of benzene rings is 1. The van der Waals surface area contributed by atoms with Gasteiger partial charge in [0.2, 0.25) is 0 Å². The maximum atomic E-state index is 12.8. The first-order chi connectivity index (χ1) is 8.83. The summed E-state index contributed by atoms with van der Waals surface area (Å²) in [6.07, 6.45) is 4.99. The maximum absolute atomic E-state index is 12.8. The van der Waals surface area contributed by atoms with Gasteiger partial charge in [-0.3, -0.25) is 0 Å². The summed E-state index contributed by atoms with van der Waals surface area (Å²) < 4.78 is 12.8. The van der Waals surface area contributed by atoms with Crippen molar-refractivity contribution in [3.63, 3.8) is 0 Å². The summed E-state index contributed by atoms with van der Waals surface area (Å²) in [5.74, 6) is 0.556. The first-order valence-corrected chi connectivity index (χ1v) is 6.19. The van der Waals surface area contributed by atoms with Crippen LogP contribution in [0.3, 0.4) is 0 Å². The lowest BCUT2D eigenvalue weighted by atomic mass is 9.72. The molecule has 0 aliphatic heterocycles. The van der Waals surface area contributed by atoms with Crippen LogP contribution < -0.4 is 0 Å². The Morgan fingerprint density at radius 1 is 1.32 bits per heavy atom. The highest BCUT2D eigenvalue weighted by atomic mass is 19.1. The van der Waals surface area contributed by atoms with Crippen molar-refractivity contribution < 1.29 is 19.4 Å². The van der Waals surface area contributed by atoms with Crippen LogP contribution in [0.25, 0.3) is 0 Å². The summed E-state index contributed by atoms with van der Waals surface area (Å²) in [6.45, 7) is 4.50. The molecule has 1 aromatic carbocycles. The summed E-state index contributed by atoms with van der Waals surface area (Å²) in [5, 5.41) is 13.9. The van der Waals surface area contributed by atoms with Gasteiger partial charge >= 0.3 is 6.16 Å². The standard InChI is InChI=1S/C14H17F.CH2O3/c1-11-4-3-9-14(2,10-11)12-5-7-13(15)8-6-12;2-1(3)4/h3,5-9,11H,4,10H2,1-2H3;(H2,2,3,4). The second-order valence-electron chi connectivity index (χ2n) is 5.15. The van der Waals surface area contributed by atoms with Crippen LogP contribution in [0, 0.1) is 11.7 Å². The molecule has 0 amide bonds. The van der Waals surface area contributed by atoms with Crippen molar-refractivity contribution in [2.45, 2.75) is 32.1 Å². The third-order valence-corrected chi connectivity index (χ3v) is 3.30. The summed E-state index contributed by atoms with van der Waals surface area (Å²) in [4.78, 5) is 8.56. The Hall–Kier alpha value is -1.84. The smallest absolute Gasteiger partial charge is 0.450 e. The minimum absolute atomic E-state index is 0.0887. The van der Waals surface area contributed by atoms with Crippen molar-refractivity contribution >= 4 is 6.16 Å². The summed E-state index contributed by atoms with van der Waals surface area (Å²) in [6, 6.07) is 6.90. The molecule has 4 heteroatoms. The number of hydrogen-bond acceptors (Lipinski definition) is 1. The molecule has 1 aliphatic rings. The number of halogens is 1. The van der Waals surface area contributed by atoms with E-state index >= 15 is 0 Å². The predicted molar refractivity (Wildman–Crippen MR) is 71.9 cm³/mol. The van der Waals surface area contributed by atoms with Crippen molar-refractivity contribution in [1.29, 1.82) is 0 Å². The van der Waals surface area contributed by atoms with Crippen molar-refractivity contribution in [2.24, 2.45) is 5.92 Å². The maximum Gasteiger partial charge on any atom is 0.503 e. The molecule has 1 aromatic rings. The van der Waals surface area contributed by atoms with Gasteiger partial charge in [0, 0.05) is 5.41 Å². The van der Waals surface area contributed by atoms with E-state index in [9.17, 15) is 4.39 Å². The highest BCUT2D eigenvalue weighted by Crippen LogP contribution is 2.37. The molecule has 3 nitrogen and oxygen atoms in total. The highest BCUT2D eigenvalue weighted by molar-refractivity contribution is 5.53. The predicted octanol–water partition coefficient (Wildman–Crippen LogP) is 4.29. The van der Waals surface area contributed by atoms with Crippen LogP contribution >= 0.6 is 0 Å². The van der Waals surface area contributed by atoms with Crippen LogP contribution in [0.2, 0.25) is 0 Å². The molecule has 0 aromatic heterocycles. The molecule has 19 heavy (non-hydrogen) atoms. The molecule has 0 bridgehead atoms. The molecule has 1 aliphatic carbocycles. The van der Waals surface area contributed by atoms with Gasteiger partial charge in [-0.25, -0.2) is 9.18 Å². The van der Waals surface area contributed by atoms with Gasteiger partial charge in [0.25, 0.3) is 0 Å². The van der Waals surface area contributed by atoms with Crippen molar-refractivity contribution in [1.82, 2.24) is 0 Å². The first kappa shape index (κ1) is 15.2. The molecule has 0 spiro atoms. The number of rotatable bonds is 1. The highest BCUT2D eigenvalue weighted by Gasteiger charge is 2.28. The van der Waals surface area contributed by atoms with E-state index < -0.39 is 6.16 Å². The van der Waals surface area contributed by atoms with Gasteiger partial charge < -0.3 is 10.2 Å². The molecule has 2 unspecified atom stereocenters. The van der Waals surface area contributed by atoms with Gasteiger partial charge in [-0.1, -0.05) is 38.1 Å². The van der Waals surface area contributed by atoms with Gasteiger partial charge in [-0.05, 0) is 36.5 Å². The zero-order valence-electron chi connectivity index (χ0n) is 11.1. The Labute approximate surface area is 112 Å². The molecule has 0 saturated heterocycles. The van der Waals surface area contributed by atoms with Gasteiger partial charge in [0.05, 0.1) is 0 Å². The lowest BCUT2D eigenvalue weighted by Crippen LogP contribution is -2.25. The third-order valence-electron chi connectivity index (χ3n) is 3.30. The SMILES string of the molecule is CC1CC=CC(C)(c2ccc(F)cc2)C1.O=C(O)O. The summed E-state index contributed by atoms with van der Waals surface area (Å²) >= 11 is 0. The van der Waals surface area contributed by atoms with Gasteiger partial charge in [-0.2, -0.15) is 0 Å². The van der Waals surface area contributed by atoms with Crippen LogP contribution in [-0.4, -0.2) is 16.4 Å². The van der Waals surface area contributed by atoms with Crippen LogP contribution in [0.1, 0.15) is 32.3 Å². The Bertz CT molecular complexity index is 449. The van der Waals surface area contributed by atoms with Gasteiger partial charge in [0.1, 0.15) is 5.82 Å². The summed E-state index contributed by atoms with van der Waals surface area (Å²) in [7, 11) is 0. The van der Waals surface area contributed by atoms with Crippen LogP contribution in [0.5, 0.6) is 0 Å². The van der Waals surface area contributed by atoms with Gasteiger partial charge in [0.15, 0.2) is 0 Å². The number of carbonyl (C=O) groups is 1. The largest absolute Gasteiger partial charge is 0.503 e. The van der Waals surface area contributed by atoms with Crippen molar-refractivity contribution in [3.05, 3.63) is 47.8 Å². The quantitative estimate of drug-likeness (QED) is 0.745. The number of carboxylic acid groups (broad SMARTS) is 2. The topological polar surface area (TPSA) is 57.5 Å². The second kappa shape index (κ2) is 6.36. The van der Waals surface area contributed by atoms with Crippen molar-refractivity contribution in [2.75, 3.05) is 0 Å². The Kier molecular flexibility index (Phi) is 5.10. The Balaban J connectivity index is 0.000000399. The first-order valence-electron chi connectivity index (χ1n) is 6.19.